The van der Waals surface area contributed by atoms with Crippen LogP contribution in [0.5, 0.6) is 0 Å². The summed E-state index contributed by atoms with van der Waals surface area (Å²) in [7, 11) is 0. The van der Waals surface area contributed by atoms with Crippen LogP contribution in [0.2, 0.25) is 0 Å². The molecule has 5 heteroatoms. The molecular formula is C11H14F3NO. The molecule has 0 amide bonds. The van der Waals surface area contributed by atoms with Gasteiger partial charge in [-0.3, -0.25) is 0 Å². The quantitative estimate of drug-likeness (QED) is 0.840. The zero-order valence-electron chi connectivity index (χ0n) is 9.10. The van der Waals surface area contributed by atoms with Gasteiger partial charge in [0.1, 0.15) is 11.4 Å². The first-order chi connectivity index (χ1) is 7.21. The molecular weight excluding hydrogens is 219 g/mol. The van der Waals surface area contributed by atoms with E-state index in [9.17, 15) is 18.3 Å². The predicted molar refractivity (Wildman–Crippen MR) is 54.5 cm³/mol. The average Bonchev–Trinajstić information content (AvgIpc) is 2.16. The minimum Gasteiger partial charge on any atom is -0.384 e. The summed E-state index contributed by atoms with van der Waals surface area (Å²) in [5, 5.41) is 9.34. The molecule has 0 aromatic heterocycles. The Labute approximate surface area is 91.9 Å². The lowest BCUT2D eigenvalue weighted by molar-refractivity contribution is -0.170. The van der Waals surface area contributed by atoms with Crippen LogP contribution in [0.25, 0.3) is 0 Å². The maximum absolute atomic E-state index is 13.7. The molecule has 3 N–H and O–H groups in total. The van der Waals surface area contributed by atoms with Gasteiger partial charge in [0.05, 0.1) is 5.56 Å². The second-order valence-electron chi connectivity index (χ2n) is 4.12. The first-order valence-corrected chi connectivity index (χ1v) is 4.80. The fourth-order valence-electron chi connectivity index (χ4n) is 1.31. The average molecular weight is 233 g/mol. The molecule has 0 saturated carbocycles. The summed E-state index contributed by atoms with van der Waals surface area (Å²) in [6, 6.07) is 3.58. The van der Waals surface area contributed by atoms with Crippen LogP contribution in [-0.4, -0.2) is 10.7 Å². The Kier molecular flexibility index (Phi) is 3.30. The predicted octanol–water partition coefficient (Wildman–Crippen LogP) is 2.15. The fraction of sp³-hybridized carbons (Fsp3) is 0.455. The van der Waals surface area contributed by atoms with Crippen molar-refractivity contribution in [1.82, 2.24) is 0 Å². The molecule has 0 heterocycles. The van der Waals surface area contributed by atoms with Gasteiger partial charge in [-0.2, -0.15) is 8.78 Å². The zero-order valence-corrected chi connectivity index (χ0v) is 9.10. The molecule has 0 bridgehead atoms. The van der Waals surface area contributed by atoms with E-state index in [0.717, 1.165) is 19.9 Å². The smallest absolute Gasteiger partial charge is 0.303 e. The maximum atomic E-state index is 13.7. The van der Waals surface area contributed by atoms with Crippen LogP contribution in [0.15, 0.2) is 18.2 Å². The van der Waals surface area contributed by atoms with E-state index in [0.29, 0.717) is 0 Å². The van der Waals surface area contributed by atoms with Gasteiger partial charge in [-0.05, 0) is 19.9 Å². The molecule has 0 aliphatic rings. The van der Waals surface area contributed by atoms with E-state index in [2.05, 4.69) is 0 Å². The summed E-state index contributed by atoms with van der Waals surface area (Å²) in [6.07, 6.45) is 0. The molecule has 0 aliphatic carbocycles. The summed E-state index contributed by atoms with van der Waals surface area (Å²) in [4.78, 5) is 0. The standard InChI is InChI=1S/C11H14F3NO/c1-10(2,16)11(13,14)8-5-3-4-7(6-15)9(8)12/h3-5,16H,6,15H2,1-2H3. The summed E-state index contributed by atoms with van der Waals surface area (Å²) in [6.45, 7) is 1.70. The number of aliphatic hydroxyl groups is 1. The first-order valence-electron chi connectivity index (χ1n) is 4.80. The molecule has 0 atom stereocenters. The Morgan fingerprint density at radius 3 is 2.31 bits per heavy atom. The van der Waals surface area contributed by atoms with Crippen molar-refractivity contribution in [2.45, 2.75) is 31.9 Å². The normalized spacial score (nSPS) is 12.9. The second kappa shape index (κ2) is 4.07. The first kappa shape index (κ1) is 13.0. The molecule has 0 unspecified atom stereocenters. The lowest BCUT2D eigenvalue weighted by Crippen LogP contribution is -2.41. The van der Waals surface area contributed by atoms with Crippen molar-refractivity contribution in [3.05, 3.63) is 35.1 Å². The maximum Gasteiger partial charge on any atom is 0.303 e. The topological polar surface area (TPSA) is 46.2 Å². The monoisotopic (exact) mass is 233 g/mol. The Hall–Kier alpha value is -1.07. The minimum absolute atomic E-state index is 0.00132. The van der Waals surface area contributed by atoms with Gasteiger partial charge in [-0.25, -0.2) is 4.39 Å². The molecule has 90 valence electrons. The third kappa shape index (κ3) is 2.05. The van der Waals surface area contributed by atoms with Gasteiger partial charge in [-0.1, -0.05) is 12.1 Å². The number of hydrogen-bond acceptors (Lipinski definition) is 2. The van der Waals surface area contributed by atoms with Gasteiger partial charge in [-0.15, -0.1) is 0 Å². The van der Waals surface area contributed by atoms with Gasteiger partial charge < -0.3 is 10.8 Å². The molecule has 0 saturated heterocycles. The molecule has 16 heavy (non-hydrogen) atoms. The number of benzene rings is 1. The SMILES string of the molecule is CC(C)(O)C(F)(F)c1cccc(CN)c1F. The molecule has 0 aliphatic heterocycles. The summed E-state index contributed by atoms with van der Waals surface area (Å²) < 4.78 is 41.0. The van der Waals surface area contributed by atoms with Crippen LogP contribution in [-0.2, 0) is 12.5 Å². The van der Waals surface area contributed by atoms with Gasteiger partial charge in [0.15, 0.2) is 0 Å². The largest absolute Gasteiger partial charge is 0.384 e. The molecule has 2 nitrogen and oxygen atoms in total. The van der Waals surface area contributed by atoms with E-state index in [4.69, 9.17) is 5.73 Å². The van der Waals surface area contributed by atoms with Crippen molar-refractivity contribution >= 4 is 0 Å². The van der Waals surface area contributed by atoms with E-state index < -0.39 is 22.9 Å². The summed E-state index contributed by atoms with van der Waals surface area (Å²) in [5.74, 6) is -4.72. The minimum atomic E-state index is -3.66. The van der Waals surface area contributed by atoms with E-state index >= 15 is 0 Å². The van der Waals surface area contributed by atoms with Crippen LogP contribution >= 0.6 is 0 Å². The van der Waals surface area contributed by atoms with Crippen LogP contribution in [0, 0.1) is 5.82 Å². The molecule has 1 rings (SSSR count). The highest BCUT2D eigenvalue weighted by atomic mass is 19.3. The van der Waals surface area contributed by atoms with Gasteiger partial charge in [0, 0.05) is 12.1 Å². The summed E-state index contributed by atoms with van der Waals surface area (Å²) in [5.41, 5.74) is 2.06. The van der Waals surface area contributed by atoms with Crippen LogP contribution in [0.1, 0.15) is 25.0 Å². The third-order valence-electron chi connectivity index (χ3n) is 2.41. The Balaban J connectivity index is 3.34. The van der Waals surface area contributed by atoms with Crippen LogP contribution < -0.4 is 5.73 Å². The van der Waals surface area contributed by atoms with E-state index in [1.807, 2.05) is 0 Å². The highest BCUT2D eigenvalue weighted by Gasteiger charge is 2.48. The molecule has 0 radical (unpaired) electrons. The van der Waals surface area contributed by atoms with Crippen molar-refractivity contribution in [2.24, 2.45) is 5.73 Å². The number of halogens is 3. The summed E-state index contributed by atoms with van der Waals surface area (Å²) >= 11 is 0. The van der Waals surface area contributed by atoms with Crippen molar-refractivity contribution in [3.63, 3.8) is 0 Å². The number of nitrogens with two attached hydrogens (primary N) is 1. The molecule has 0 spiro atoms. The lowest BCUT2D eigenvalue weighted by atomic mass is 9.92. The van der Waals surface area contributed by atoms with Crippen LogP contribution in [0.4, 0.5) is 13.2 Å². The molecule has 1 aromatic rings. The lowest BCUT2D eigenvalue weighted by Gasteiger charge is -2.29. The van der Waals surface area contributed by atoms with Crippen molar-refractivity contribution in [3.8, 4) is 0 Å². The van der Waals surface area contributed by atoms with Crippen molar-refractivity contribution in [1.29, 1.82) is 0 Å². The Morgan fingerprint density at radius 2 is 1.88 bits per heavy atom. The number of hydrogen-bond donors (Lipinski definition) is 2. The zero-order chi connectivity index (χ0) is 12.6. The second-order valence-corrected chi connectivity index (χ2v) is 4.12. The van der Waals surface area contributed by atoms with Crippen LogP contribution in [0.3, 0.4) is 0 Å². The number of rotatable bonds is 3. The van der Waals surface area contributed by atoms with Crippen molar-refractivity contribution < 1.29 is 18.3 Å². The molecule has 0 fully saturated rings. The van der Waals surface area contributed by atoms with Gasteiger partial charge >= 0.3 is 5.92 Å². The van der Waals surface area contributed by atoms with E-state index in [-0.39, 0.29) is 12.1 Å². The molecule has 1 aromatic carbocycles. The highest BCUT2D eigenvalue weighted by Crippen LogP contribution is 2.40. The van der Waals surface area contributed by atoms with Crippen molar-refractivity contribution in [2.75, 3.05) is 0 Å². The fourth-order valence-corrected chi connectivity index (χ4v) is 1.31. The highest BCUT2D eigenvalue weighted by molar-refractivity contribution is 5.30. The van der Waals surface area contributed by atoms with E-state index in [1.165, 1.54) is 12.1 Å². The van der Waals surface area contributed by atoms with Gasteiger partial charge in [0.25, 0.3) is 0 Å². The number of alkyl halides is 2. The van der Waals surface area contributed by atoms with Gasteiger partial charge in [0.2, 0.25) is 0 Å². The Morgan fingerprint density at radius 1 is 1.31 bits per heavy atom. The third-order valence-corrected chi connectivity index (χ3v) is 2.41. The van der Waals surface area contributed by atoms with E-state index in [1.54, 1.807) is 0 Å². The Bertz CT molecular complexity index is 385.